The fraction of sp³-hybridized carbons (Fsp3) is 0. The average molecular weight is 318 g/mol. The molecule has 0 radical (unpaired) electrons. The van der Waals surface area contributed by atoms with Gasteiger partial charge in [-0.1, -0.05) is 60.7 Å². The first-order chi connectivity index (χ1) is 11.6. The zero-order chi connectivity index (χ0) is 17.4. The molecule has 0 heterocycles. The summed E-state index contributed by atoms with van der Waals surface area (Å²) < 4.78 is 0. The molecule has 2 amide bonds. The van der Waals surface area contributed by atoms with Crippen molar-refractivity contribution in [1.82, 2.24) is 0 Å². The lowest BCUT2D eigenvalue weighted by Gasteiger charge is -2.01. The molecule has 0 saturated heterocycles. The fourth-order valence-electron chi connectivity index (χ4n) is 2.06. The first-order valence-corrected chi connectivity index (χ1v) is 7.38. The third kappa shape index (κ3) is 4.81. The van der Waals surface area contributed by atoms with Crippen LogP contribution >= 0.6 is 0 Å². The van der Waals surface area contributed by atoms with Gasteiger partial charge in [0.1, 0.15) is 0 Å². The van der Waals surface area contributed by atoms with E-state index in [9.17, 15) is 9.59 Å². The van der Waals surface area contributed by atoms with Gasteiger partial charge in [-0.3, -0.25) is 9.59 Å². The molecule has 0 aromatic heterocycles. The topological polar surface area (TPSA) is 86.2 Å². The van der Waals surface area contributed by atoms with Gasteiger partial charge in [0.05, 0.1) is 0 Å². The van der Waals surface area contributed by atoms with Crippen molar-refractivity contribution in [3.63, 3.8) is 0 Å². The fourth-order valence-corrected chi connectivity index (χ4v) is 2.06. The molecule has 24 heavy (non-hydrogen) atoms. The third-order valence-corrected chi connectivity index (χ3v) is 3.33. The Morgan fingerprint density at radius 2 is 0.875 bits per heavy atom. The molecule has 4 heteroatoms. The molecule has 0 bridgehead atoms. The molecule has 0 unspecified atom stereocenters. The van der Waals surface area contributed by atoms with Crippen molar-refractivity contribution in [2.75, 3.05) is 0 Å². The van der Waals surface area contributed by atoms with Crippen molar-refractivity contribution in [1.29, 1.82) is 0 Å². The highest BCUT2D eigenvalue weighted by molar-refractivity contribution is 5.93. The molecular formula is C20H18N2O2. The van der Waals surface area contributed by atoms with Crippen LogP contribution < -0.4 is 11.5 Å². The van der Waals surface area contributed by atoms with Crippen LogP contribution in [-0.2, 0) is 0 Å². The summed E-state index contributed by atoms with van der Waals surface area (Å²) in [5.74, 6) is -0.773. The quantitative estimate of drug-likeness (QED) is 0.776. The molecular weight excluding hydrogens is 300 g/mol. The van der Waals surface area contributed by atoms with Gasteiger partial charge in [0.2, 0.25) is 11.8 Å². The molecule has 120 valence electrons. The van der Waals surface area contributed by atoms with Gasteiger partial charge in [-0.2, -0.15) is 0 Å². The van der Waals surface area contributed by atoms with Crippen LogP contribution in [-0.4, -0.2) is 11.8 Å². The summed E-state index contributed by atoms with van der Waals surface area (Å²) in [6.07, 6.45) is 0. The van der Waals surface area contributed by atoms with E-state index in [-0.39, 0.29) is 5.91 Å². The van der Waals surface area contributed by atoms with Gasteiger partial charge in [0, 0.05) is 11.1 Å². The van der Waals surface area contributed by atoms with E-state index in [2.05, 4.69) is 0 Å². The highest BCUT2D eigenvalue weighted by atomic mass is 16.1. The highest BCUT2D eigenvalue weighted by Gasteiger charge is 2.00. The number of hydrogen-bond acceptors (Lipinski definition) is 2. The third-order valence-electron chi connectivity index (χ3n) is 3.33. The summed E-state index contributed by atoms with van der Waals surface area (Å²) in [4.78, 5) is 21.3. The molecule has 0 fully saturated rings. The van der Waals surface area contributed by atoms with Crippen molar-refractivity contribution in [3.8, 4) is 11.1 Å². The van der Waals surface area contributed by atoms with Crippen LogP contribution in [0.1, 0.15) is 20.7 Å². The van der Waals surface area contributed by atoms with Crippen molar-refractivity contribution >= 4 is 11.8 Å². The Hall–Kier alpha value is -3.40. The van der Waals surface area contributed by atoms with E-state index in [1.165, 1.54) is 0 Å². The summed E-state index contributed by atoms with van der Waals surface area (Å²) in [6, 6.07) is 26.0. The van der Waals surface area contributed by atoms with Crippen molar-refractivity contribution in [2.24, 2.45) is 11.5 Å². The second-order valence-electron chi connectivity index (χ2n) is 5.04. The molecule has 4 N–H and O–H groups in total. The van der Waals surface area contributed by atoms with Crippen LogP contribution in [0, 0.1) is 0 Å². The molecule has 3 aromatic rings. The minimum Gasteiger partial charge on any atom is -0.366 e. The van der Waals surface area contributed by atoms with Crippen LogP contribution in [0.5, 0.6) is 0 Å². The van der Waals surface area contributed by atoms with Crippen LogP contribution in [0.3, 0.4) is 0 Å². The molecule has 4 nitrogen and oxygen atoms in total. The minimum atomic E-state index is -0.394. The van der Waals surface area contributed by atoms with Crippen LogP contribution in [0.25, 0.3) is 11.1 Å². The predicted molar refractivity (Wildman–Crippen MR) is 95.4 cm³/mol. The lowest BCUT2D eigenvalue weighted by atomic mass is 10.0. The molecule has 3 rings (SSSR count). The Morgan fingerprint density at radius 3 is 1.29 bits per heavy atom. The van der Waals surface area contributed by atoms with Gasteiger partial charge in [-0.15, -0.1) is 0 Å². The Kier molecular flexibility index (Phi) is 5.86. The molecule has 3 aromatic carbocycles. The maximum absolute atomic E-state index is 10.9. The number of rotatable bonds is 3. The van der Waals surface area contributed by atoms with E-state index in [1.807, 2.05) is 48.5 Å². The zero-order valence-electron chi connectivity index (χ0n) is 13.1. The van der Waals surface area contributed by atoms with E-state index in [0.717, 1.165) is 11.1 Å². The molecule has 0 aliphatic heterocycles. The molecule has 0 aliphatic rings. The number of carbonyl (C=O) groups excluding carboxylic acids is 2. The van der Waals surface area contributed by atoms with E-state index in [0.29, 0.717) is 11.1 Å². The first-order valence-electron chi connectivity index (χ1n) is 7.38. The van der Waals surface area contributed by atoms with Gasteiger partial charge >= 0.3 is 0 Å². The number of hydrogen-bond donors (Lipinski definition) is 2. The lowest BCUT2D eigenvalue weighted by Crippen LogP contribution is -2.10. The van der Waals surface area contributed by atoms with Crippen molar-refractivity contribution in [3.05, 3.63) is 96.1 Å². The number of benzene rings is 3. The Balaban J connectivity index is 0.000000198. The Bertz CT molecular complexity index is 798. The normalized spacial score (nSPS) is 9.50. The lowest BCUT2D eigenvalue weighted by molar-refractivity contribution is 0.0992. The van der Waals surface area contributed by atoms with Gasteiger partial charge in [0.15, 0.2) is 0 Å². The van der Waals surface area contributed by atoms with E-state index < -0.39 is 5.91 Å². The monoisotopic (exact) mass is 318 g/mol. The number of amides is 2. The van der Waals surface area contributed by atoms with Crippen LogP contribution in [0.15, 0.2) is 84.9 Å². The summed E-state index contributed by atoms with van der Waals surface area (Å²) >= 11 is 0. The second-order valence-corrected chi connectivity index (χ2v) is 5.04. The second kappa shape index (κ2) is 8.29. The van der Waals surface area contributed by atoms with Gasteiger partial charge in [0.25, 0.3) is 0 Å². The molecule has 0 spiro atoms. The Labute approximate surface area is 140 Å². The maximum Gasteiger partial charge on any atom is 0.248 e. The Morgan fingerprint density at radius 1 is 0.500 bits per heavy atom. The summed E-state index contributed by atoms with van der Waals surface area (Å²) in [5.41, 5.74) is 13.4. The molecule has 0 atom stereocenters. The smallest absolute Gasteiger partial charge is 0.248 e. The van der Waals surface area contributed by atoms with E-state index >= 15 is 0 Å². The summed E-state index contributed by atoms with van der Waals surface area (Å²) in [6.45, 7) is 0. The largest absolute Gasteiger partial charge is 0.366 e. The number of primary amides is 2. The standard InChI is InChI=1S/C13H11NO.C7H7NO/c14-13(15)12-8-6-11(7-9-12)10-4-2-1-3-5-10;8-7(9)6-4-2-1-3-5-6/h1-9H,(H2,14,15);1-5H,(H2,8,9). The van der Waals surface area contributed by atoms with Crippen molar-refractivity contribution < 1.29 is 9.59 Å². The predicted octanol–water partition coefficient (Wildman–Crippen LogP) is 3.24. The van der Waals surface area contributed by atoms with E-state index in [4.69, 9.17) is 11.5 Å². The maximum atomic E-state index is 10.9. The number of nitrogens with two attached hydrogens (primary N) is 2. The minimum absolute atomic E-state index is 0.379. The highest BCUT2D eigenvalue weighted by Crippen LogP contribution is 2.18. The average Bonchev–Trinajstić information content (AvgIpc) is 2.64. The van der Waals surface area contributed by atoms with Gasteiger partial charge in [-0.05, 0) is 35.4 Å². The first kappa shape index (κ1) is 17.0. The van der Waals surface area contributed by atoms with Crippen molar-refractivity contribution in [2.45, 2.75) is 0 Å². The summed E-state index contributed by atoms with van der Waals surface area (Å²) in [5, 5.41) is 0. The van der Waals surface area contributed by atoms with Gasteiger partial charge in [-0.25, -0.2) is 0 Å². The van der Waals surface area contributed by atoms with Crippen LogP contribution in [0.2, 0.25) is 0 Å². The van der Waals surface area contributed by atoms with E-state index in [1.54, 1.807) is 36.4 Å². The van der Waals surface area contributed by atoms with Crippen LogP contribution in [0.4, 0.5) is 0 Å². The molecule has 0 aliphatic carbocycles. The molecule has 0 saturated carbocycles. The zero-order valence-corrected chi connectivity index (χ0v) is 13.1. The SMILES string of the molecule is NC(=O)c1ccc(-c2ccccc2)cc1.NC(=O)c1ccccc1. The van der Waals surface area contributed by atoms with Gasteiger partial charge < -0.3 is 11.5 Å². The number of carbonyl (C=O) groups is 2. The summed E-state index contributed by atoms with van der Waals surface area (Å²) in [7, 11) is 0.